The van der Waals surface area contributed by atoms with Gasteiger partial charge in [-0.2, -0.15) is 0 Å². The molecule has 1 heterocycles. The Morgan fingerprint density at radius 1 is 1.35 bits per heavy atom. The number of benzene rings is 1. The highest BCUT2D eigenvalue weighted by Crippen LogP contribution is 2.31. The van der Waals surface area contributed by atoms with E-state index in [1.54, 1.807) is 4.90 Å². The second kappa shape index (κ2) is 9.40. The minimum absolute atomic E-state index is 0.0100. The van der Waals surface area contributed by atoms with E-state index in [1.807, 2.05) is 24.3 Å². The smallest absolute Gasteiger partial charge is 0.317 e. The van der Waals surface area contributed by atoms with E-state index < -0.39 is 0 Å². The van der Waals surface area contributed by atoms with Crippen LogP contribution in [0.15, 0.2) is 24.3 Å². The Labute approximate surface area is 138 Å². The summed E-state index contributed by atoms with van der Waals surface area (Å²) >= 11 is 0. The van der Waals surface area contributed by atoms with Crippen LogP contribution < -0.4 is 10.1 Å². The van der Waals surface area contributed by atoms with Gasteiger partial charge in [0.15, 0.2) is 0 Å². The first-order chi connectivity index (χ1) is 11.3. The number of urea groups is 1. The van der Waals surface area contributed by atoms with Crippen LogP contribution in [0.1, 0.15) is 50.6 Å². The molecule has 0 radical (unpaired) electrons. The summed E-state index contributed by atoms with van der Waals surface area (Å²) in [7, 11) is 0. The highest BCUT2D eigenvalue weighted by Gasteiger charge is 2.23. The molecule has 1 unspecified atom stereocenters. The molecule has 2 amide bonds. The Bertz CT molecular complexity index is 493. The van der Waals surface area contributed by atoms with Crippen molar-refractivity contribution in [1.82, 2.24) is 10.2 Å². The number of para-hydroxylation sites is 1. The topological polar surface area (TPSA) is 61.8 Å². The third kappa shape index (κ3) is 5.13. The van der Waals surface area contributed by atoms with Crippen molar-refractivity contribution in [3.05, 3.63) is 29.8 Å². The average Bonchev–Trinajstić information content (AvgIpc) is 2.77. The maximum atomic E-state index is 12.6. The molecule has 2 N–H and O–H groups in total. The van der Waals surface area contributed by atoms with E-state index in [9.17, 15) is 9.90 Å². The third-order valence-electron chi connectivity index (χ3n) is 4.18. The molecule has 1 aliphatic rings. The van der Waals surface area contributed by atoms with Gasteiger partial charge < -0.3 is 20.1 Å². The molecule has 128 valence electrons. The number of aliphatic hydroxyl groups is 1. The van der Waals surface area contributed by atoms with Gasteiger partial charge in [-0.15, -0.1) is 0 Å². The number of aliphatic hydroxyl groups excluding tert-OH is 1. The van der Waals surface area contributed by atoms with E-state index in [1.165, 1.54) is 0 Å². The number of carbonyl (C=O) groups excluding carboxylic acids is 1. The monoisotopic (exact) mass is 320 g/mol. The summed E-state index contributed by atoms with van der Waals surface area (Å²) in [6.45, 7) is 3.87. The Morgan fingerprint density at radius 2 is 2.17 bits per heavy atom. The molecule has 0 aliphatic carbocycles. The Hall–Kier alpha value is -1.75. The molecule has 0 fully saturated rings. The van der Waals surface area contributed by atoms with Gasteiger partial charge in [0.25, 0.3) is 0 Å². The van der Waals surface area contributed by atoms with Crippen LogP contribution in [-0.4, -0.2) is 42.3 Å². The number of nitrogens with zero attached hydrogens (tertiary/aromatic N) is 1. The molecule has 5 heteroatoms. The van der Waals surface area contributed by atoms with Gasteiger partial charge in [0.1, 0.15) is 5.75 Å². The van der Waals surface area contributed by atoms with E-state index in [0.29, 0.717) is 19.7 Å². The summed E-state index contributed by atoms with van der Waals surface area (Å²) in [4.78, 5) is 14.3. The van der Waals surface area contributed by atoms with Crippen molar-refractivity contribution >= 4 is 6.03 Å². The molecule has 0 saturated carbocycles. The zero-order chi connectivity index (χ0) is 16.5. The first-order valence-electron chi connectivity index (χ1n) is 8.64. The molecule has 2 rings (SSSR count). The molecule has 5 nitrogen and oxygen atoms in total. The van der Waals surface area contributed by atoms with Gasteiger partial charge in [-0.3, -0.25) is 0 Å². The lowest BCUT2D eigenvalue weighted by Crippen LogP contribution is -2.43. The quantitative estimate of drug-likeness (QED) is 0.759. The maximum Gasteiger partial charge on any atom is 0.317 e. The zero-order valence-corrected chi connectivity index (χ0v) is 14.0. The summed E-state index contributed by atoms with van der Waals surface area (Å²) in [6.07, 6.45) is 4.95. The van der Waals surface area contributed by atoms with Crippen molar-refractivity contribution < 1.29 is 14.6 Å². The van der Waals surface area contributed by atoms with Crippen LogP contribution in [0.4, 0.5) is 4.79 Å². The van der Waals surface area contributed by atoms with E-state index in [4.69, 9.17) is 4.74 Å². The van der Waals surface area contributed by atoms with Gasteiger partial charge in [0.05, 0.1) is 19.3 Å². The minimum atomic E-state index is -0.100. The van der Waals surface area contributed by atoms with Gasteiger partial charge >= 0.3 is 6.03 Å². The number of hydrogen-bond donors (Lipinski definition) is 2. The predicted octanol–water partition coefficient (Wildman–Crippen LogP) is 3.09. The number of ether oxygens (including phenoxy) is 1. The second-order valence-corrected chi connectivity index (χ2v) is 5.95. The lowest BCUT2D eigenvalue weighted by molar-refractivity contribution is 0.172. The predicted molar refractivity (Wildman–Crippen MR) is 90.6 cm³/mol. The van der Waals surface area contributed by atoms with Crippen LogP contribution >= 0.6 is 0 Å². The highest BCUT2D eigenvalue weighted by atomic mass is 16.5. The number of amides is 2. The van der Waals surface area contributed by atoms with Crippen molar-refractivity contribution in [1.29, 1.82) is 0 Å². The molecule has 0 spiro atoms. The van der Waals surface area contributed by atoms with E-state index in [0.717, 1.165) is 43.4 Å². The number of fused-ring (bicyclic) bond motifs is 1. The zero-order valence-electron chi connectivity index (χ0n) is 14.0. The molecule has 1 aromatic carbocycles. The molecular formula is C18H28N2O3. The van der Waals surface area contributed by atoms with Gasteiger partial charge in [-0.05, 0) is 25.3 Å². The van der Waals surface area contributed by atoms with Gasteiger partial charge in [0, 0.05) is 18.7 Å². The Balaban J connectivity index is 2.02. The first-order valence-corrected chi connectivity index (χ1v) is 8.64. The van der Waals surface area contributed by atoms with Gasteiger partial charge in [-0.25, -0.2) is 4.79 Å². The molecule has 1 aromatic rings. The van der Waals surface area contributed by atoms with Crippen LogP contribution in [0.5, 0.6) is 5.75 Å². The van der Waals surface area contributed by atoms with Crippen LogP contribution in [0.2, 0.25) is 0 Å². The summed E-state index contributed by atoms with van der Waals surface area (Å²) in [5.74, 6) is 0.856. The largest absolute Gasteiger partial charge is 0.493 e. The molecule has 1 atom stereocenters. The number of unbranched alkanes of at least 4 members (excludes halogenated alkanes) is 2. The highest BCUT2D eigenvalue weighted by molar-refractivity contribution is 5.75. The van der Waals surface area contributed by atoms with Crippen molar-refractivity contribution in [2.75, 3.05) is 26.3 Å². The van der Waals surface area contributed by atoms with Crippen molar-refractivity contribution in [3.8, 4) is 5.75 Å². The average molecular weight is 320 g/mol. The molecule has 23 heavy (non-hydrogen) atoms. The third-order valence-corrected chi connectivity index (χ3v) is 4.18. The molecule has 0 bridgehead atoms. The SMILES string of the molecule is CCCCCN(CCO)C(=O)NC1CCCOc2ccccc21. The maximum absolute atomic E-state index is 12.6. The fourth-order valence-electron chi connectivity index (χ4n) is 2.90. The summed E-state index contributed by atoms with van der Waals surface area (Å²) in [5, 5.41) is 12.3. The number of hydrogen-bond acceptors (Lipinski definition) is 3. The van der Waals surface area contributed by atoms with Crippen LogP contribution in [0.25, 0.3) is 0 Å². The standard InChI is InChI=1S/C18H28N2O3/c1-2-3-6-11-20(12-13-21)18(22)19-16-9-7-14-23-17-10-5-4-8-15(16)17/h4-5,8,10,16,21H,2-3,6-7,9,11-14H2,1H3,(H,19,22). The van der Waals surface area contributed by atoms with Crippen LogP contribution in [-0.2, 0) is 0 Å². The Kier molecular flexibility index (Phi) is 7.20. The van der Waals surface area contributed by atoms with E-state index in [-0.39, 0.29) is 18.7 Å². The van der Waals surface area contributed by atoms with Crippen molar-refractivity contribution in [3.63, 3.8) is 0 Å². The second-order valence-electron chi connectivity index (χ2n) is 5.95. The molecular weight excluding hydrogens is 292 g/mol. The first kappa shape index (κ1) is 17.6. The normalized spacial score (nSPS) is 16.9. The lowest BCUT2D eigenvalue weighted by Gasteiger charge is -2.26. The van der Waals surface area contributed by atoms with Crippen molar-refractivity contribution in [2.24, 2.45) is 0 Å². The summed E-state index contributed by atoms with van der Waals surface area (Å²) < 4.78 is 5.74. The van der Waals surface area contributed by atoms with Gasteiger partial charge in [-0.1, -0.05) is 38.0 Å². The summed E-state index contributed by atoms with van der Waals surface area (Å²) in [6, 6.07) is 7.75. The Morgan fingerprint density at radius 3 is 2.96 bits per heavy atom. The molecule has 0 aromatic heterocycles. The fraction of sp³-hybridized carbons (Fsp3) is 0.611. The van der Waals surface area contributed by atoms with Crippen molar-refractivity contribution in [2.45, 2.75) is 45.1 Å². The minimum Gasteiger partial charge on any atom is -0.493 e. The molecule has 1 aliphatic heterocycles. The van der Waals surface area contributed by atoms with Crippen LogP contribution in [0, 0.1) is 0 Å². The number of rotatable bonds is 7. The van der Waals surface area contributed by atoms with Crippen LogP contribution in [0.3, 0.4) is 0 Å². The van der Waals surface area contributed by atoms with E-state index in [2.05, 4.69) is 12.2 Å². The summed E-state index contributed by atoms with van der Waals surface area (Å²) in [5.41, 5.74) is 1.04. The lowest BCUT2D eigenvalue weighted by atomic mass is 10.0. The number of carbonyl (C=O) groups is 1. The fourth-order valence-corrected chi connectivity index (χ4v) is 2.90. The molecule has 0 saturated heterocycles. The van der Waals surface area contributed by atoms with E-state index >= 15 is 0 Å². The van der Waals surface area contributed by atoms with Gasteiger partial charge in [0.2, 0.25) is 0 Å². The number of nitrogens with one attached hydrogen (secondary N) is 1.